The van der Waals surface area contributed by atoms with Crippen LogP contribution >= 0.6 is 0 Å². The topological polar surface area (TPSA) is 102 Å². The molecule has 0 saturated carbocycles. The Bertz CT molecular complexity index is 876. The third-order valence-corrected chi connectivity index (χ3v) is 7.15. The van der Waals surface area contributed by atoms with E-state index in [1.165, 1.54) is 6.92 Å². The Balaban J connectivity index is 3.03. The number of nitrogens with zero attached hydrogens (tertiary/aromatic N) is 1. The van der Waals surface area contributed by atoms with E-state index in [0.29, 0.717) is 12.8 Å². The number of hydrogen-bond acceptors (Lipinski definition) is 7. The summed E-state index contributed by atoms with van der Waals surface area (Å²) in [5, 5.41) is 11.0. The molecular formula is C30H49NO7. The van der Waals surface area contributed by atoms with E-state index in [0.717, 1.165) is 12.0 Å². The second kappa shape index (κ2) is 15.7. The highest BCUT2D eigenvalue weighted by Gasteiger charge is 2.34. The van der Waals surface area contributed by atoms with Crippen LogP contribution in [0.3, 0.4) is 0 Å². The zero-order valence-corrected chi connectivity index (χ0v) is 24.7. The molecule has 1 N–H and O–H groups in total. The summed E-state index contributed by atoms with van der Waals surface area (Å²) >= 11 is 0. The number of carbonyl (C=O) groups is 3. The van der Waals surface area contributed by atoms with Crippen molar-refractivity contribution in [1.29, 1.82) is 0 Å². The van der Waals surface area contributed by atoms with Crippen LogP contribution in [-0.2, 0) is 23.8 Å². The summed E-state index contributed by atoms with van der Waals surface area (Å²) in [6, 6.07) is 0.113. The van der Waals surface area contributed by atoms with E-state index >= 15 is 0 Å². The quantitative estimate of drug-likeness (QED) is 0.187. The summed E-state index contributed by atoms with van der Waals surface area (Å²) in [6.45, 7) is 14.9. The number of esters is 2. The van der Waals surface area contributed by atoms with Crippen molar-refractivity contribution in [2.45, 2.75) is 105 Å². The van der Waals surface area contributed by atoms with Gasteiger partial charge in [-0.05, 0) is 57.6 Å². The highest BCUT2D eigenvalue weighted by Crippen LogP contribution is 2.28. The molecule has 0 aliphatic carbocycles. The molecule has 1 rings (SSSR count). The molecule has 1 heterocycles. The minimum absolute atomic E-state index is 0.00147. The SMILES string of the molecule is CCC(C)N(C)C(=O)OC[C@H](C)/C=C/C=C(\C)[C@H]1OC(=O)C[C@H](C)CC[C@@](C)(O)[C@@H](OC(C)=O)/C=C/[C@@H]1C. The fraction of sp³-hybridized carbons (Fsp3) is 0.700. The Morgan fingerprint density at radius 3 is 2.53 bits per heavy atom. The standard InChI is InChI=1S/C30H49NO7/c1-10-24(6)31(9)29(34)36-19-21(3)12-11-13-22(4)28-23(5)14-15-26(37-25(7)32)30(8,35)17-16-20(2)18-27(33)38-28/h11-15,20-21,23-24,26,28,35H,10,16-19H2,1-9H3/b12-11+,15-14+,22-13+/t20-,21-,23+,24?,26+,28-,30-/m1/s1. The lowest BCUT2D eigenvalue weighted by molar-refractivity contribution is -0.156. The molecule has 0 spiro atoms. The lowest BCUT2D eigenvalue weighted by atomic mass is 9.87. The Kier molecular flexibility index (Phi) is 13.8. The minimum atomic E-state index is -1.26. The molecule has 0 aromatic carbocycles. The van der Waals surface area contributed by atoms with Crippen molar-refractivity contribution in [3.63, 3.8) is 0 Å². The molecule has 0 fully saturated rings. The molecule has 38 heavy (non-hydrogen) atoms. The summed E-state index contributed by atoms with van der Waals surface area (Å²) in [6.07, 6.45) is 9.59. The van der Waals surface area contributed by atoms with Crippen LogP contribution in [-0.4, -0.2) is 65.5 Å². The first-order valence-electron chi connectivity index (χ1n) is 13.7. The lowest BCUT2D eigenvalue weighted by Crippen LogP contribution is -2.41. The third-order valence-electron chi connectivity index (χ3n) is 7.15. The van der Waals surface area contributed by atoms with E-state index in [-0.39, 0.29) is 48.9 Å². The number of cyclic esters (lactones) is 1. The molecule has 1 aliphatic heterocycles. The fourth-order valence-corrected chi connectivity index (χ4v) is 4.11. The number of ether oxygens (including phenoxy) is 3. The van der Waals surface area contributed by atoms with Gasteiger partial charge in [-0.15, -0.1) is 0 Å². The van der Waals surface area contributed by atoms with Crippen molar-refractivity contribution in [3.05, 3.63) is 36.0 Å². The van der Waals surface area contributed by atoms with Gasteiger partial charge in [0.1, 0.15) is 17.8 Å². The summed E-state index contributed by atoms with van der Waals surface area (Å²) in [4.78, 5) is 38.2. The Labute approximate surface area is 229 Å². The smallest absolute Gasteiger partial charge is 0.409 e. The maximum Gasteiger partial charge on any atom is 0.409 e. The molecule has 1 aliphatic rings. The van der Waals surface area contributed by atoms with E-state index in [1.807, 2.05) is 65.8 Å². The molecule has 1 unspecified atom stereocenters. The van der Waals surface area contributed by atoms with E-state index in [4.69, 9.17) is 14.2 Å². The summed E-state index contributed by atoms with van der Waals surface area (Å²) in [5.41, 5.74) is -0.418. The van der Waals surface area contributed by atoms with E-state index in [1.54, 1.807) is 24.9 Å². The molecule has 0 aromatic heterocycles. The Hall–Kier alpha value is -2.61. The van der Waals surface area contributed by atoms with Crippen LogP contribution in [0.25, 0.3) is 0 Å². The number of rotatable bonds is 8. The lowest BCUT2D eigenvalue weighted by Gasteiger charge is -2.32. The van der Waals surface area contributed by atoms with Gasteiger partial charge in [0.15, 0.2) is 0 Å². The minimum Gasteiger partial charge on any atom is -0.457 e. The molecule has 216 valence electrons. The normalized spacial score (nSPS) is 29.8. The van der Waals surface area contributed by atoms with Crippen molar-refractivity contribution < 1.29 is 33.7 Å². The van der Waals surface area contributed by atoms with Crippen molar-refractivity contribution in [1.82, 2.24) is 4.90 Å². The molecule has 0 aromatic rings. The van der Waals surface area contributed by atoms with Gasteiger partial charge in [-0.25, -0.2) is 4.79 Å². The predicted octanol–water partition coefficient (Wildman–Crippen LogP) is 5.60. The highest BCUT2D eigenvalue weighted by atomic mass is 16.6. The van der Waals surface area contributed by atoms with Crippen LogP contribution in [0.4, 0.5) is 4.79 Å². The van der Waals surface area contributed by atoms with Gasteiger partial charge in [0, 0.05) is 38.3 Å². The zero-order valence-electron chi connectivity index (χ0n) is 24.7. The molecule has 0 radical (unpaired) electrons. The second-order valence-electron chi connectivity index (χ2n) is 11.1. The average Bonchev–Trinajstić information content (AvgIpc) is 2.84. The van der Waals surface area contributed by atoms with Crippen molar-refractivity contribution in [2.24, 2.45) is 17.8 Å². The molecular weight excluding hydrogens is 486 g/mol. The fourth-order valence-electron chi connectivity index (χ4n) is 4.11. The van der Waals surface area contributed by atoms with Crippen LogP contribution in [0.2, 0.25) is 0 Å². The number of amides is 1. The predicted molar refractivity (Wildman–Crippen MR) is 148 cm³/mol. The first-order chi connectivity index (χ1) is 17.7. The van der Waals surface area contributed by atoms with E-state index in [9.17, 15) is 19.5 Å². The number of hydrogen-bond donors (Lipinski definition) is 1. The van der Waals surface area contributed by atoms with Crippen LogP contribution in [0.1, 0.15) is 81.1 Å². The third kappa shape index (κ3) is 11.4. The van der Waals surface area contributed by atoms with Crippen LogP contribution in [0, 0.1) is 17.8 Å². The van der Waals surface area contributed by atoms with Gasteiger partial charge in [-0.2, -0.15) is 0 Å². The van der Waals surface area contributed by atoms with Crippen molar-refractivity contribution in [3.8, 4) is 0 Å². The molecule has 0 bridgehead atoms. The number of carbonyl (C=O) groups excluding carboxylic acids is 3. The van der Waals surface area contributed by atoms with Gasteiger partial charge in [0.25, 0.3) is 0 Å². The van der Waals surface area contributed by atoms with Crippen LogP contribution < -0.4 is 0 Å². The molecule has 8 nitrogen and oxygen atoms in total. The van der Waals surface area contributed by atoms with E-state index < -0.39 is 23.8 Å². The maximum atomic E-state index is 12.7. The zero-order chi connectivity index (χ0) is 29.0. The summed E-state index contributed by atoms with van der Waals surface area (Å²) in [7, 11) is 1.74. The Morgan fingerprint density at radius 1 is 1.26 bits per heavy atom. The van der Waals surface area contributed by atoms with Crippen molar-refractivity contribution >= 4 is 18.0 Å². The summed E-state index contributed by atoms with van der Waals surface area (Å²) in [5.74, 6) is -0.998. The van der Waals surface area contributed by atoms with Crippen LogP contribution in [0.5, 0.6) is 0 Å². The molecule has 0 saturated heterocycles. The average molecular weight is 536 g/mol. The van der Waals surface area contributed by atoms with Gasteiger partial charge >= 0.3 is 18.0 Å². The van der Waals surface area contributed by atoms with Gasteiger partial charge < -0.3 is 24.2 Å². The molecule has 7 atom stereocenters. The molecule has 1 amide bonds. The maximum absolute atomic E-state index is 12.7. The van der Waals surface area contributed by atoms with Gasteiger partial charge in [-0.3, -0.25) is 9.59 Å². The van der Waals surface area contributed by atoms with Crippen molar-refractivity contribution in [2.75, 3.05) is 13.7 Å². The largest absolute Gasteiger partial charge is 0.457 e. The highest BCUT2D eigenvalue weighted by molar-refractivity contribution is 5.70. The summed E-state index contributed by atoms with van der Waals surface area (Å²) < 4.78 is 16.7. The first kappa shape index (κ1) is 33.4. The first-order valence-corrected chi connectivity index (χ1v) is 13.7. The molecule has 8 heteroatoms. The van der Waals surface area contributed by atoms with E-state index in [2.05, 4.69) is 0 Å². The number of aliphatic hydroxyl groups is 1. The number of allylic oxidation sites excluding steroid dienone is 2. The van der Waals surface area contributed by atoms with Gasteiger partial charge in [-0.1, -0.05) is 52.0 Å². The monoisotopic (exact) mass is 535 g/mol. The Morgan fingerprint density at radius 2 is 1.92 bits per heavy atom. The van der Waals surface area contributed by atoms with Gasteiger partial charge in [0.2, 0.25) is 0 Å². The second-order valence-corrected chi connectivity index (χ2v) is 11.1. The van der Waals surface area contributed by atoms with Gasteiger partial charge in [0.05, 0.1) is 6.61 Å². The van der Waals surface area contributed by atoms with Crippen LogP contribution in [0.15, 0.2) is 36.0 Å².